The second-order valence-electron chi connectivity index (χ2n) is 8.52. The molecule has 4 aromatic carbocycles. The zero-order chi connectivity index (χ0) is 23.5. The molecule has 0 unspecified atom stereocenters. The Bertz CT molecular complexity index is 1190. The first-order chi connectivity index (χ1) is 17.3. The fourth-order valence-electron chi connectivity index (χ4n) is 4.54. The SMILES string of the molecule is c1ccc([C@H](O[C@@H](c2ccccc2)c2ccc3c(c2)OCCO3)c2ccc3c(c2)OCCO3)cc1. The summed E-state index contributed by atoms with van der Waals surface area (Å²) in [7, 11) is 0. The third-order valence-corrected chi connectivity index (χ3v) is 6.21. The Hall–Kier alpha value is -3.96. The highest BCUT2D eigenvalue weighted by Crippen LogP contribution is 2.41. The van der Waals surface area contributed by atoms with Gasteiger partial charge in [-0.1, -0.05) is 72.8 Å². The smallest absolute Gasteiger partial charge is 0.161 e. The van der Waals surface area contributed by atoms with Gasteiger partial charge in [-0.3, -0.25) is 0 Å². The molecule has 5 nitrogen and oxygen atoms in total. The summed E-state index contributed by atoms with van der Waals surface area (Å²) in [5.74, 6) is 3.01. The Morgan fingerprint density at radius 3 is 1.26 bits per heavy atom. The molecular weight excluding hydrogens is 440 g/mol. The van der Waals surface area contributed by atoms with Crippen LogP contribution in [-0.4, -0.2) is 26.4 Å². The van der Waals surface area contributed by atoms with Crippen LogP contribution in [-0.2, 0) is 4.74 Å². The summed E-state index contributed by atoms with van der Waals surface area (Å²) in [6.07, 6.45) is -0.657. The van der Waals surface area contributed by atoms with Crippen molar-refractivity contribution in [2.75, 3.05) is 26.4 Å². The van der Waals surface area contributed by atoms with E-state index in [1.54, 1.807) is 0 Å². The molecule has 2 aliphatic rings. The number of benzene rings is 4. The third kappa shape index (κ3) is 4.55. The lowest BCUT2D eigenvalue weighted by Gasteiger charge is -2.28. The van der Waals surface area contributed by atoms with Gasteiger partial charge in [0.2, 0.25) is 0 Å². The lowest BCUT2D eigenvalue weighted by Crippen LogP contribution is -2.18. The van der Waals surface area contributed by atoms with Crippen LogP contribution >= 0.6 is 0 Å². The molecular formula is C30H26O5. The third-order valence-electron chi connectivity index (χ3n) is 6.21. The van der Waals surface area contributed by atoms with Gasteiger partial charge in [-0.05, 0) is 46.5 Å². The summed E-state index contributed by atoms with van der Waals surface area (Å²) in [5.41, 5.74) is 4.11. The molecule has 2 atom stereocenters. The Morgan fingerprint density at radius 2 is 0.829 bits per heavy atom. The summed E-state index contributed by atoms with van der Waals surface area (Å²) in [4.78, 5) is 0. The molecule has 4 aromatic rings. The van der Waals surface area contributed by atoms with Crippen LogP contribution in [0.4, 0.5) is 0 Å². The van der Waals surface area contributed by atoms with E-state index >= 15 is 0 Å². The first-order valence-electron chi connectivity index (χ1n) is 11.9. The predicted octanol–water partition coefficient (Wildman–Crippen LogP) is 6.12. The monoisotopic (exact) mass is 466 g/mol. The molecule has 0 aromatic heterocycles. The van der Waals surface area contributed by atoms with E-state index in [9.17, 15) is 0 Å². The summed E-state index contributed by atoms with van der Waals surface area (Å²) < 4.78 is 30.2. The number of hydrogen-bond donors (Lipinski definition) is 0. The van der Waals surface area contributed by atoms with Crippen molar-refractivity contribution in [2.24, 2.45) is 0 Å². The van der Waals surface area contributed by atoms with E-state index in [1.807, 2.05) is 60.7 Å². The van der Waals surface area contributed by atoms with Crippen LogP contribution in [0.25, 0.3) is 0 Å². The number of ether oxygens (including phenoxy) is 5. The summed E-state index contributed by atoms with van der Waals surface area (Å²) in [5, 5.41) is 0. The van der Waals surface area contributed by atoms with Gasteiger partial charge in [-0.2, -0.15) is 0 Å². The summed E-state index contributed by atoms with van der Waals surface area (Å²) in [6.45, 7) is 2.20. The largest absolute Gasteiger partial charge is 0.486 e. The van der Waals surface area contributed by atoms with Crippen molar-refractivity contribution in [2.45, 2.75) is 12.2 Å². The quantitative estimate of drug-likeness (QED) is 0.342. The van der Waals surface area contributed by atoms with Gasteiger partial charge in [-0.25, -0.2) is 0 Å². The first kappa shape index (κ1) is 21.6. The van der Waals surface area contributed by atoms with Gasteiger partial charge in [0.15, 0.2) is 23.0 Å². The van der Waals surface area contributed by atoms with Crippen molar-refractivity contribution in [1.29, 1.82) is 0 Å². The van der Waals surface area contributed by atoms with Gasteiger partial charge in [0.25, 0.3) is 0 Å². The van der Waals surface area contributed by atoms with Crippen LogP contribution < -0.4 is 18.9 Å². The second kappa shape index (κ2) is 9.72. The second-order valence-corrected chi connectivity index (χ2v) is 8.52. The van der Waals surface area contributed by atoms with Gasteiger partial charge in [0.1, 0.15) is 38.6 Å². The molecule has 0 saturated carbocycles. The first-order valence-corrected chi connectivity index (χ1v) is 11.9. The number of fused-ring (bicyclic) bond motifs is 2. The average molecular weight is 467 g/mol. The van der Waals surface area contributed by atoms with Crippen LogP contribution in [0.3, 0.4) is 0 Å². The molecule has 35 heavy (non-hydrogen) atoms. The zero-order valence-corrected chi connectivity index (χ0v) is 19.3. The van der Waals surface area contributed by atoms with Crippen molar-refractivity contribution in [1.82, 2.24) is 0 Å². The van der Waals surface area contributed by atoms with E-state index < -0.39 is 0 Å². The summed E-state index contributed by atoms with van der Waals surface area (Å²) >= 11 is 0. The molecule has 0 bridgehead atoms. The molecule has 2 aliphatic heterocycles. The van der Waals surface area contributed by atoms with Crippen LogP contribution in [0.2, 0.25) is 0 Å². The highest BCUT2D eigenvalue weighted by molar-refractivity contribution is 5.48. The minimum Gasteiger partial charge on any atom is -0.486 e. The van der Waals surface area contributed by atoms with Crippen molar-refractivity contribution in [3.8, 4) is 23.0 Å². The maximum atomic E-state index is 6.98. The fraction of sp³-hybridized carbons (Fsp3) is 0.200. The van der Waals surface area contributed by atoms with E-state index in [0.29, 0.717) is 26.4 Å². The van der Waals surface area contributed by atoms with E-state index in [-0.39, 0.29) is 12.2 Å². The van der Waals surface area contributed by atoms with Crippen molar-refractivity contribution >= 4 is 0 Å². The van der Waals surface area contributed by atoms with Crippen molar-refractivity contribution < 1.29 is 23.7 Å². The molecule has 0 amide bonds. The fourth-order valence-corrected chi connectivity index (χ4v) is 4.54. The molecule has 6 rings (SSSR count). The standard InChI is InChI=1S/C30H26O5/c1-3-7-21(8-4-1)29(23-11-13-25-27(19-23)33-17-15-31-25)35-30(22-9-5-2-6-10-22)24-12-14-26-28(20-24)34-18-16-32-26/h1-14,19-20,29-30H,15-18H2/t29-,30-/m0/s1. The van der Waals surface area contributed by atoms with Crippen molar-refractivity contribution in [3.63, 3.8) is 0 Å². The maximum Gasteiger partial charge on any atom is 0.161 e. The molecule has 0 saturated heterocycles. The van der Waals surface area contributed by atoms with Gasteiger partial charge >= 0.3 is 0 Å². The maximum absolute atomic E-state index is 6.98. The van der Waals surface area contributed by atoms with Crippen LogP contribution in [0.5, 0.6) is 23.0 Å². The van der Waals surface area contributed by atoms with Crippen LogP contribution in [0, 0.1) is 0 Å². The molecule has 0 radical (unpaired) electrons. The van der Waals surface area contributed by atoms with E-state index in [2.05, 4.69) is 36.4 Å². The van der Waals surface area contributed by atoms with E-state index in [4.69, 9.17) is 23.7 Å². The zero-order valence-electron chi connectivity index (χ0n) is 19.3. The highest BCUT2D eigenvalue weighted by atomic mass is 16.6. The molecule has 0 N–H and O–H groups in total. The topological polar surface area (TPSA) is 46.2 Å². The number of rotatable bonds is 6. The van der Waals surface area contributed by atoms with Crippen LogP contribution in [0.1, 0.15) is 34.5 Å². The molecule has 0 spiro atoms. The predicted molar refractivity (Wildman–Crippen MR) is 133 cm³/mol. The Labute approximate surface area is 204 Å². The summed E-state index contributed by atoms with van der Waals surface area (Å²) in [6, 6.07) is 32.6. The normalized spacial score (nSPS) is 15.8. The van der Waals surface area contributed by atoms with Gasteiger partial charge in [0, 0.05) is 0 Å². The lowest BCUT2D eigenvalue weighted by atomic mass is 9.97. The van der Waals surface area contributed by atoms with Crippen LogP contribution in [0.15, 0.2) is 97.1 Å². The van der Waals surface area contributed by atoms with E-state index in [1.165, 1.54) is 0 Å². The molecule has 2 heterocycles. The Balaban J connectivity index is 1.43. The molecule has 176 valence electrons. The van der Waals surface area contributed by atoms with Gasteiger partial charge in [-0.15, -0.1) is 0 Å². The lowest BCUT2D eigenvalue weighted by molar-refractivity contribution is 0.0302. The van der Waals surface area contributed by atoms with Crippen molar-refractivity contribution in [3.05, 3.63) is 119 Å². The molecule has 0 aliphatic carbocycles. The minimum atomic E-state index is -0.328. The Kier molecular flexibility index (Phi) is 5.99. The van der Waals surface area contributed by atoms with Gasteiger partial charge in [0.05, 0.1) is 0 Å². The minimum absolute atomic E-state index is 0.328. The van der Waals surface area contributed by atoms with Gasteiger partial charge < -0.3 is 23.7 Å². The molecule has 5 heteroatoms. The average Bonchev–Trinajstić information content (AvgIpc) is 2.94. The van der Waals surface area contributed by atoms with E-state index in [0.717, 1.165) is 45.3 Å². The molecule has 0 fully saturated rings. The number of hydrogen-bond acceptors (Lipinski definition) is 5. The Morgan fingerprint density at radius 1 is 0.429 bits per heavy atom. The highest BCUT2D eigenvalue weighted by Gasteiger charge is 2.26.